The van der Waals surface area contributed by atoms with Gasteiger partial charge in [0.25, 0.3) is 5.91 Å². The minimum atomic E-state index is -3.80. The van der Waals surface area contributed by atoms with Crippen LogP contribution in [0.5, 0.6) is 0 Å². The van der Waals surface area contributed by atoms with Crippen LogP contribution in [0.2, 0.25) is 0 Å². The molecule has 0 radical (unpaired) electrons. The first-order valence-electron chi connectivity index (χ1n) is 7.11. The summed E-state index contributed by atoms with van der Waals surface area (Å²) in [6.45, 7) is -0.0124. The van der Waals surface area contributed by atoms with Crippen LogP contribution in [0.4, 0.5) is 0 Å². The van der Waals surface area contributed by atoms with E-state index in [1.165, 1.54) is 13.2 Å². The van der Waals surface area contributed by atoms with Crippen LogP contribution in [0.15, 0.2) is 48.5 Å². The summed E-state index contributed by atoms with van der Waals surface area (Å²) < 4.78 is 30.5. The largest absolute Gasteiger partial charge is 0.384 e. The van der Waals surface area contributed by atoms with Crippen LogP contribution in [-0.4, -0.2) is 33.8 Å². The third-order valence-electron chi connectivity index (χ3n) is 3.31. The fraction of sp³-hybridized carbons (Fsp3) is 0.176. The first-order valence-corrected chi connectivity index (χ1v) is 8.76. The number of hydrogen-bond donors (Lipinski definition) is 1. The summed E-state index contributed by atoms with van der Waals surface area (Å²) in [4.78, 5) is 12.4. The van der Waals surface area contributed by atoms with E-state index in [9.17, 15) is 18.5 Å². The molecule has 0 unspecified atom stereocenters. The highest BCUT2D eigenvalue weighted by molar-refractivity contribution is 7.90. The standard InChI is InChI=1S/C17H16N2O4S/c1-23-10-11-24(21,22)19-17(20)16-9-5-4-8-15(16)14-7-3-2-6-13(14)12-18/h2-9H,10-11H2,1H3,(H,19,20). The molecule has 0 saturated heterocycles. The van der Waals surface area contributed by atoms with Gasteiger partial charge in [0.05, 0.1) is 24.0 Å². The molecule has 0 bridgehead atoms. The van der Waals surface area contributed by atoms with Gasteiger partial charge in [-0.3, -0.25) is 4.79 Å². The number of rotatable bonds is 6. The maximum absolute atomic E-state index is 12.4. The van der Waals surface area contributed by atoms with Crippen molar-refractivity contribution in [2.24, 2.45) is 0 Å². The monoisotopic (exact) mass is 344 g/mol. The summed E-state index contributed by atoms with van der Waals surface area (Å²) in [5.41, 5.74) is 1.65. The molecule has 2 aromatic carbocycles. The highest BCUT2D eigenvalue weighted by Gasteiger charge is 2.19. The molecule has 0 heterocycles. The molecule has 6 nitrogen and oxygen atoms in total. The molecule has 0 saturated carbocycles. The Bertz CT molecular complexity index is 885. The zero-order valence-corrected chi connectivity index (χ0v) is 13.8. The predicted octanol–water partition coefficient (Wildman–Crippen LogP) is 1.93. The molecule has 1 N–H and O–H groups in total. The molecule has 0 fully saturated rings. The molecule has 0 aliphatic heterocycles. The van der Waals surface area contributed by atoms with Gasteiger partial charge in [0.2, 0.25) is 10.0 Å². The number of hydrogen-bond acceptors (Lipinski definition) is 5. The second-order valence-corrected chi connectivity index (χ2v) is 6.79. The number of amides is 1. The van der Waals surface area contributed by atoms with Crippen molar-refractivity contribution in [3.8, 4) is 17.2 Å². The van der Waals surface area contributed by atoms with Crippen molar-refractivity contribution < 1.29 is 17.9 Å². The lowest BCUT2D eigenvalue weighted by Gasteiger charge is -2.11. The summed E-state index contributed by atoms with van der Waals surface area (Å²) >= 11 is 0. The van der Waals surface area contributed by atoms with Gasteiger partial charge in [-0.1, -0.05) is 36.4 Å². The summed E-state index contributed by atoms with van der Waals surface area (Å²) in [7, 11) is -2.41. The SMILES string of the molecule is COCCS(=O)(=O)NC(=O)c1ccccc1-c1ccccc1C#N. The molecule has 2 aromatic rings. The number of carbonyl (C=O) groups excluding carboxylic acids is 1. The van der Waals surface area contributed by atoms with Gasteiger partial charge in [-0.05, 0) is 17.7 Å². The van der Waals surface area contributed by atoms with E-state index in [2.05, 4.69) is 6.07 Å². The van der Waals surface area contributed by atoms with E-state index in [1.54, 1.807) is 42.5 Å². The average molecular weight is 344 g/mol. The first kappa shape index (κ1) is 17.7. The quantitative estimate of drug-likeness (QED) is 0.864. The van der Waals surface area contributed by atoms with Crippen LogP contribution in [0.3, 0.4) is 0 Å². The van der Waals surface area contributed by atoms with Crippen molar-refractivity contribution in [1.82, 2.24) is 4.72 Å². The number of methoxy groups -OCH3 is 1. The van der Waals surface area contributed by atoms with E-state index in [-0.39, 0.29) is 17.9 Å². The van der Waals surface area contributed by atoms with E-state index in [0.717, 1.165) is 0 Å². The van der Waals surface area contributed by atoms with Gasteiger partial charge < -0.3 is 4.74 Å². The highest BCUT2D eigenvalue weighted by atomic mass is 32.2. The van der Waals surface area contributed by atoms with Gasteiger partial charge in [-0.15, -0.1) is 0 Å². The Balaban J connectivity index is 2.40. The van der Waals surface area contributed by atoms with E-state index in [4.69, 9.17) is 4.74 Å². The molecule has 124 valence electrons. The van der Waals surface area contributed by atoms with E-state index in [0.29, 0.717) is 16.7 Å². The topological polar surface area (TPSA) is 96.3 Å². The lowest BCUT2D eigenvalue weighted by atomic mass is 9.96. The third-order valence-corrected chi connectivity index (χ3v) is 4.51. The Hall–Kier alpha value is -2.69. The molecule has 24 heavy (non-hydrogen) atoms. The Kier molecular flexibility index (Phi) is 5.68. The smallest absolute Gasteiger partial charge is 0.265 e. The van der Waals surface area contributed by atoms with Crippen molar-refractivity contribution in [3.05, 3.63) is 59.7 Å². The number of carbonyl (C=O) groups is 1. The van der Waals surface area contributed by atoms with Crippen LogP contribution in [0.1, 0.15) is 15.9 Å². The highest BCUT2D eigenvalue weighted by Crippen LogP contribution is 2.26. The minimum absolute atomic E-state index is 0.0124. The number of sulfonamides is 1. The number of benzene rings is 2. The van der Waals surface area contributed by atoms with E-state index >= 15 is 0 Å². The average Bonchev–Trinajstić information content (AvgIpc) is 2.59. The van der Waals surface area contributed by atoms with Gasteiger partial charge in [-0.25, -0.2) is 13.1 Å². The maximum atomic E-state index is 12.4. The van der Waals surface area contributed by atoms with Crippen molar-refractivity contribution in [2.75, 3.05) is 19.5 Å². The van der Waals surface area contributed by atoms with Crippen molar-refractivity contribution in [3.63, 3.8) is 0 Å². The van der Waals surface area contributed by atoms with Gasteiger partial charge in [0, 0.05) is 18.2 Å². The molecule has 1 amide bonds. The van der Waals surface area contributed by atoms with E-state index in [1.807, 2.05) is 4.72 Å². The van der Waals surface area contributed by atoms with Crippen LogP contribution in [0.25, 0.3) is 11.1 Å². The van der Waals surface area contributed by atoms with Crippen LogP contribution in [0, 0.1) is 11.3 Å². The van der Waals surface area contributed by atoms with Gasteiger partial charge >= 0.3 is 0 Å². The molecule has 7 heteroatoms. The number of nitriles is 1. The van der Waals surface area contributed by atoms with Gasteiger partial charge in [0.1, 0.15) is 0 Å². The third kappa shape index (κ3) is 4.19. The van der Waals surface area contributed by atoms with Gasteiger partial charge in [0.15, 0.2) is 0 Å². The number of nitrogens with zero attached hydrogens (tertiary/aromatic N) is 1. The Morgan fingerprint density at radius 1 is 1.12 bits per heavy atom. The van der Waals surface area contributed by atoms with Crippen molar-refractivity contribution in [2.45, 2.75) is 0 Å². The number of ether oxygens (including phenoxy) is 1. The van der Waals surface area contributed by atoms with E-state index < -0.39 is 15.9 Å². The van der Waals surface area contributed by atoms with Crippen LogP contribution < -0.4 is 4.72 Å². The minimum Gasteiger partial charge on any atom is -0.384 e. The summed E-state index contributed by atoms with van der Waals surface area (Å²) in [5.74, 6) is -1.05. The fourth-order valence-electron chi connectivity index (χ4n) is 2.17. The van der Waals surface area contributed by atoms with Crippen LogP contribution in [-0.2, 0) is 14.8 Å². The van der Waals surface area contributed by atoms with Gasteiger partial charge in [-0.2, -0.15) is 5.26 Å². The lowest BCUT2D eigenvalue weighted by molar-refractivity contribution is 0.0982. The molecule has 0 atom stereocenters. The molecular weight excluding hydrogens is 328 g/mol. The molecule has 0 aromatic heterocycles. The lowest BCUT2D eigenvalue weighted by Crippen LogP contribution is -2.34. The Morgan fingerprint density at radius 3 is 2.42 bits per heavy atom. The van der Waals surface area contributed by atoms with Crippen LogP contribution >= 0.6 is 0 Å². The first-order chi connectivity index (χ1) is 11.5. The maximum Gasteiger partial charge on any atom is 0.265 e. The second kappa shape index (κ2) is 7.73. The van der Waals surface area contributed by atoms with Crippen molar-refractivity contribution >= 4 is 15.9 Å². The second-order valence-electron chi connectivity index (χ2n) is 4.95. The fourth-order valence-corrected chi connectivity index (χ4v) is 3.05. The van der Waals surface area contributed by atoms with Crippen molar-refractivity contribution in [1.29, 1.82) is 5.26 Å². The summed E-state index contributed by atoms with van der Waals surface area (Å²) in [6, 6.07) is 15.4. The zero-order chi connectivity index (χ0) is 17.6. The molecule has 0 aliphatic carbocycles. The number of nitrogens with one attached hydrogen (secondary N) is 1. The molecule has 0 spiro atoms. The predicted molar refractivity (Wildman–Crippen MR) is 89.7 cm³/mol. The summed E-state index contributed by atoms with van der Waals surface area (Å²) in [5, 5.41) is 9.23. The Labute approximate surface area is 140 Å². The zero-order valence-electron chi connectivity index (χ0n) is 13.0. The normalized spacial score (nSPS) is 10.8. The Morgan fingerprint density at radius 2 is 1.75 bits per heavy atom. The molecular formula is C17H16N2O4S. The summed E-state index contributed by atoms with van der Waals surface area (Å²) in [6.07, 6.45) is 0. The molecule has 0 aliphatic rings. The molecule has 2 rings (SSSR count).